The molecule has 1 aromatic carbocycles. The van der Waals surface area contributed by atoms with Crippen LogP contribution in [0.15, 0.2) is 48.7 Å². The predicted octanol–water partition coefficient (Wildman–Crippen LogP) is 3.15. The Balaban J connectivity index is 2.23. The second-order valence-electron chi connectivity index (χ2n) is 5.96. The van der Waals surface area contributed by atoms with Gasteiger partial charge in [0.05, 0.1) is 24.8 Å². The molecule has 28 heavy (non-hydrogen) atoms. The van der Waals surface area contributed by atoms with Gasteiger partial charge in [0.25, 0.3) is 0 Å². The molecular weight excluding hydrogens is 383 g/mol. The van der Waals surface area contributed by atoms with Crippen molar-refractivity contribution in [3.63, 3.8) is 0 Å². The van der Waals surface area contributed by atoms with Crippen LogP contribution in [-0.2, 0) is 29.6 Å². The number of ether oxygens (including phenoxy) is 1. The van der Waals surface area contributed by atoms with Crippen molar-refractivity contribution >= 4 is 25.3 Å². The van der Waals surface area contributed by atoms with E-state index in [0.29, 0.717) is 6.42 Å². The van der Waals surface area contributed by atoms with E-state index >= 15 is 0 Å². The Hall–Kier alpha value is -2.54. The van der Waals surface area contributed by atoms with Crippen LogP contribution in [0.4, 0.5) is 5.82 Å². The second-order valence-corrected chi connectivity index (χ2v) is 8.27. The first-order valence-corrected chi connectivity index (χ1v) is 10.2. The minimum absolute atomic E-state index is 0.0998. The van der Waals surface area contributed by atoms with Gasteiger partial charge in [0.1, 0.15) is 5.82 Å². The highest BCUT2D eigenvalue weighted by Crippen LogP contribution is 2.48. The van der Waals surface area contributed by atoms with E-state index in [1.54, 1.807) is 0 Å². The van der Waals surface area contributed by atoms with Crippen molar-refractivity contribution in [3.05, 3.63) is 59.8 Å². The van der Waals surface area contributed by atoms with E-state index in [1.807, 2.05) is 30.3 Å². The maximum atomic E-state index is 12.9. The van der Waals surface area contributed by atoms with Crippen LogP contribution in [0.3, 0.4) is 0 Å². The topological polar surface area (TPSA) is 104 Å². The number of anilines is 1. The Morgan fingerprint density at radius 2 is 1.79 bits per heavy atom. The normalized spacial score (nSPS) is 12.2. The lowest BCUT2D eigenvalue weighted by Crippen LogP contribution is -2.28. The Kier molecular flexibility index (Phi) is 7.87. The molecule has 1 heterocycles. The molecule has 8 nitrogen and oxygen atoms in total. The molecule has 2 aromatic rings. The van der Waals surface area contributed by atoms with Gasteiger partial charge in [-0.15, -0.1) is 0 Å². The summed E-state index contributed by atoms with van der Waals surface area (Å²) < 4.78 is 27.3. The van der Waals surface area contributed by atoms with Gasteiger partial charge in [0, 0.05) is 20.4 Å². The van der Waals surface area contributed by atoms with Gasteiger partial charge in [-0.1, -0.05) is 30.3 Å². The molecule has 150 valence electrons. The summed E-state index contributed by atoms with van der Waals surface area (Å²) in [5.41, 5.74) is 1.16. The number of hydrogen-bond acceptors (Lipinski definition) is 7. The average molecular weight is 406 g/mol. The van der Waals surface area contributed by atoms with E-state index in [0.717, 1.165) is 5.56 Å². The summed E-state index contributed by atoms with van der Waals surface area (Å²) in [6.45, 7) is 0. The molecule has 2 rings (SSSR count). The summed E-state index contributed by atoms with van der Waals surface area (Å²) in [6, 6.07) is 12.2. The van der Waals surface area contributed by atoms with Gasteiger partial charge in [-0.3, -0.25) is 9.36 Å². The van der Waals surface area contributed by atoms with Crippen molar-refractivity contribution in [3.8, 4) is 0 Å². The molecule has 1 amide bonds. The zero-order valence-corrected chi connectivity index (χ0v) is 16.8. The van der Waals surface area contributed by atoms with Gasteiger partial charge >= 0.3 is 13.6 Å². The SMILES string of the molecule is COC(=O)c1ccnc(NC(=O)C(Cc2ccccc2)CP(=O)(OC)OC)c1. The average Bonchev–Trinajstić information content (AvgIpc) is 2.73. The molecule has 9 heteroatoms. The maximum absolute atomic E-state index is 12.9. The summed E-state index contributed by atoms with van der Waals surface area (Å²) >= 11 is 0. The van der Waals surface area contributed by atoms with Crippen LogP contribution in [0.1, 0.15) is 15.9 Å². The van der Waals surface area contributed by atoms with Crippen molar-refractivity contribution in [1.29, 1.82) is 0 Å². The van der Waals surface area contributed by atoms with E-state index in [2.05, 4.69) is 15.0 Å². The van der Waals surface area contributed by atoms with Crippen LogP contribution in [0.25, 0.3) is 0 Å². The summed E-state index contributed by atoms with van der Waals surface area (Å²) in [5.74, 6) is -1.46. The summed E-state index contributed by atoms with van der Waals surface area (Å²) in [7, 11) is 0.411. The fourth-order valence-corrected chi connectivity index (χ4v) is 3.89. The quantitative estimate of drug-likeness (QED) is 0.504. The minimum atomic E-state index is -3.42. The van der Waals surface area contributed by atoms with Gasteiger partial charge in [0.15, 0.2) is 0 Å². The first-order chi connectivity index (χ1) is 13.4. The van der Waals surface area contributed by atoms with Crippen LogP contribution >= 0.6 is 7.60 Å². The number of pyridine rings is 1. The van der Waals surface area contributed by atoms with Crippen LogP contribution in [-0.4, -0.2) is 44.4 Å². The Labute approximate surface area is 163 Å². The Bertz CT molecular complexity index is 851. The van der Waals surface area contributed by atoms with Crippen LogP contribution < -0.4 is 5.32 Å². The molecule has 0 saturated carbocycles. The fourth-order valence-electron chi connectivity index (χ4n) is 2.60. The molecule has 0 bridgehead atoms. The van der Waals surface area contributed by atoms with Gasteiger partial charge in [-0.25, -0.2) is 9.78 Å². The Morgan fingerprint density at radius 1 is 1.11 bits per heavy atom. The third-order valence-corrected chi connectivity index (χ3v) is 6.13. The number of carbonyl (C=O) groups is 2. The standard InChI is InChI=1S/C19H23N2O6P/c1-25-19(23)15-9-10-20-17(12-15)21-18(22)16(13-28(24,26-2)27-3)11-14-7-5-4-6-8-14/h4-10,12,16H,11,13H2,1-3H3,(H,20,21,22). The molecular formula is C19H23N2O6P. The molecule has 0 saturated heterocycles. The van der Waals surface area contributed by atoms with Gasteiger partial charge < -0.3 is 19.1 Å². The van der Waals surface area contributed by atoms with Crippen molar-refractivity contribution in [2.75, 3.05) is 32.8 Å². The molecule has 0 aliphatic carbocycles. The second kappa shape index (κ2) is 10.1. The molecule has 0 fully saturated rings. The number of amides is 1. The molecule has 1 atom stereocenters. The molecule has 1 N–H and O–H groups in total. The van der Waals surface area contributed by atoms with E-state index in [-0.39, 0.29) is 17.5 Å². The number of hydrogen-bond donors (Lipinski definition) is 1. The zero-order valence-electron chi connectivity index (χ0n) is 16.0. The molecule has 0 spiro atoms. The third-order valence-electron chi connectivity index (χ3n) is 4.13. The first-order valence-electron chi connectivity index (χ1n) is 8.50. The summed E-state index contributed by atoms with van der Waals surface area (Å²) in [6.07, 6.45) is 1.63. The van der Waals surface area contributed by atoms with Gasteiger partial charge in [-0.2, -0.15) is 0 Å². The third kappa shape index (κ3) is 5.99. The predicted molar refractivity (Wildman–Crippen MR) is 104 cm³/mol. The number of nitrogens with one attached hydrogen (secondary N) is 1. The van der Waals surface area contributed by atoms with Crippen LogP contribution in [0.5, 0.6) is 0 Å². The van der Waals surface area contributed by atoms with Crippen molar-refractivity contribution < 1.29 is 27.9 Å². The highest BCUT2D eigenvalue weighted by atomic mass is 31.2. The number of rotatable bonds is 9. The van der Waals surface area contributed by atoms with E-state index in [1.165, 1.54) is 39.7 Å². The lowest BCUT2D eigenvalue weighted by atomic mass is 10.0. The molecule has 0 aliphatic rings. The summed E-state index contributed by atoms with van der Waals surface area (Å²) in [5, 5.41) is 2.66. The number of aromatic nitrogens is 1. The number of nitrogens with zero attached hydrogens (tertiary/aromatic N) is 1. The van der Waals surface area contributed by atoms with Crippen molar-refractivity contribution in [2.45, 2.75) is 6.42 Å². The zero-order chi connectivity index (χ0) is 20.6. The first kappa shape index (κ1) is 21.8. The number of esters is 1. The van der Waals surface area contributed by atoms with Crippen LogP contribution in [0.2, 0.25) is 0 Å². The highest BCUT2D eigenvalue weighted by Gasteiger charge is 2.31. The van der Waals surface area contributed by atoms with E-state index in [9.17, 15) is 14.2 Å². The number of benzene rings is 1. The molecule has 1 unspecified atom stereocenters. The number of methoxy groups -OCH3 is 1. The maximum Gasteiger partial charge on any atom is 0.338 e. The van der Waals surface area contributed by atoms with E-state index in [4.69, 9.17) is 9.05 Å². The van der Waals surface area contributed by atoms with Crippen molar-refractivity contribution in [1.82, 2.24) is 4.98 Å². The largest absolute Gasteiger partial charge is 0.465 e. The van der Waals surface area contributed by atoms with E-state index < -0.39 is 25.4 Å². The molecule has 1 aromatic heterocycles. The summed E-state index contributed by atoms with van der Waals surface area (Å²) in [4.78, 5) is 28.6. The van der Waals surface area contributed by atoms with Crippen molar-refractivity contribution in [2.24, 2.45) is 5.92 Å². The lowest BCUT2D eigenvalue weighted by Gasteiger charge is -2.21. The van der Waals surface area contributed by atoms with Crippen LogP contribution in [0, 0.1) is 5.92 Å². The monoisotopic (exact) mass is 406 g/mol. The minimum Gasteiger partial charge on any atom is -0.465 e. The molecule has 0 radical (unpaired) electrons. The fraction of sp³-hybridized carbons (Fsp3) is 0.316. The lowest BCUT2D eigenvalue weighted by molar-refractivity contribution is -0.119. The Morgan fingerprint density at radius 3 is 2.39 bits per heavy atom. The highest BCUT2D eigenvalue weighted by molar-refractivity contribution is 7.53. The smallest absolute Gasteiger partial charge is 0.338 e. The van der Waals surface area contributed by atoms with Gasteiger partial charge in [0.2, 0.25) is 5.91 Å². The number of carbonyl (C=O) groups excluding carboxylic acids is 2. The molecule has 0 aliphatic heterocycles. The van der Waals surface area contributed by atoms with Gasteiger partial charge in [-0.05, 0) is 24.1 Å².